The van der Waals surface area contributed by atoms with Gasteiger partial charge in [0, 0.05) is 39.3 Å². The summed E-state index contributed by atoms with van der Waals surface area (Å²) in [7, 11) is 7.76. The van der Waals surface area contributed by atoms with Gasteiger partial charge in [-0.3, -0.25) is 9.59 Å². The molecule has 0 fully saturated rings. The summed E-state index contributed by atoms with van der Waals surface area (Å²) in [6.45, 7) is 0. The lowest BCUT2D eigenvalue weighted by molar-refractivity contribution is 0.103. The molecule has 146 valence electrons. The number of carbonyl (C=O) groups excluding carboxylic acids is 2. The molecule has 0 bridgehead atoms. The Morgan fingerprint density at radius 1 is 0.571 bits per heavy atom. The molecule has 4 heteroatoms. The fourth-order valence-corrected chi connectivity index (χ4v) is 1.98. The highest BCUT2D eigenvalue weighted by Crippen LogP contribution is 2.08. The fourth-order valence-electron chi connectivity index (χ4n) is 1.98. The molecule has 1 aromatic rings. The second-order valence-corrected chi connectivity index (χ2v) is 6.40. The van der Waals surface area contributed by atoms with Crippen LogP contribution in [-0.2, 0) is 0 Å². The number of benzene rings is 1. The minimum atomic E-state index is -0.105. The van der Waals surface area contributed by atoms with Crippen LogP contribution < -0.4 is 0 Å². The highest BCUT2D eigenvalue weighted by atomic mass is 16.1. The van der Waals surface area contributed by atoms with Crippen molar-refractivity contribution in [2.45, 2.75) is 0 Å². The molecule has 0 aliphatic carbocycles. The maximum absolute atomic E-state index is 12.1. The van der Waals surface area contributed by atoms with Gasteiger partial charge in [-0.2, -0.15) is 0 Å². The Kier molecular flexibility index (Phi) is 10.4. The Morgan fingerprint density at radius 3 is 1.21 bits per heavy atom. The smallest absolute Gasteiger partial charge is 0.185 e. The van der Waals surface area contributed by atoms with E-state index in [1.165, 1.54) is 12.2 Å². The van der Waals surface area contributed by atoms with E-state index in [1.807, 2.05) is 74.7 Å². The van der Waals surface area contributed by atoms with Gasteiger partial charge in [0.2, 0.25) is 0 Å². The molecule has 0 aliphatic heterocycles. The lowest BCUT2D eigenvalue weighted by atomic mass is 10.0. The van der Waals surface area contributed by atoms with Crippen molar-refractivity contribution in [3.05, 3.63) is 109 Å². The summed E-state index contributed by atoms with van der Waals surface area (Å²) >= 11 is 0. The van der Waals surface area contributed by atoms with Crippen molar-refractivity contribution in [3.8, 4) is 0 Å². The predicted molar refractivity (Wildman–Crippen MR) is 117 cm³/mol. The second kappa shape index (κ2) is 12.9. The maximum Gasteiger partial charge on any atom is 0.185 e. The van der Waals surface area contributed by atoms with E-state index in [2.05, 4.69) is 0 Å². The van der Waals surface area contributed by atoms with Gasteiger partial charge in [-0.25, -0.2) is 0 Å². The zero-order valence-corrected chi connectivity index (χ0v) is 16.9. The van der Waals surface area contributed by atoms with Gasteiger partial charge in [-0.05, 0) is 36.7 Å². The van der Waals surface area contributed by atoms with Crippen LogP contribution in [0.1, 0.15) is 20.7 Å². The third kappa shape index (κ3) is 9.92. The molecule has 0 unspecified atom stereocenters. The Morgan fingerprint density at radius 2 is 0.893 bits per heavy atom. The third-order valence-corrected chi connectivity index (χ3v) is 3.38. The first kappa shape index (κ1) is 22.6. The molecular weight excluding hydrogens is 348 g/mol. The molecule has 1 rings (SSSR count). The monoisotopic (exact) mass is 376 g/mol. The first-order valence-corrected chi connectivity index (χ1v) is 8.95. The topological polar surface area (TPSA) is 40.6 Å². The summed E-state index contributed by atoms with van der Waals surface area (Å²) < 4.78 is 0. The molecule has 0 radical (unpaired) electrons. The second-order valence-electron chi connectivity index (χ2n) is 6.40. The normalized spacial score (nSPS) is 12.4. The molecule has 0 saturated heterocycles. The van der Waals surface area contributed by atoms with Crippen molar-refractivity contribution < 1.29 is 9.59 Å². The van der Waals surface area contributed by atoms with Crippen LogP contribution in [0.5, 0.6) is 0 Å². The molecule has 0 aromatic heterocycles. The number of rotatable bonds is 10. The first-order chi connectivity index (χ1) is 13.4. The molecule has 0 spiro atoms. The van der Waals surface area contributed by atoms with E-state index in [0.29, 0.717) is 11.1 Å². The summed E-state index contributed by atoms with van der Waals surface area (Å²) in [4.78, 5) is 28.1. The SMILES string of the molecule is CN(C)/C=C/C=C/C=C/C(=O)c1ccc(C(=O)/C=C/C=C/C=C/N(C)C)cc1. The minimum absolute atomic E-state index is 0.105. The van der Waals surface area contributed by atoms with Gasteiger partial charge >= 0.3 is 0 Å². The standard InChI is InChI=1S/C24H28N2O2/c1-25(2)19-11-7-5-9-13-23(27)21-15-17-22(18-16-21)24(28)14-10-6-8-12-20-26(3)4/h5-20H,1-4H3/b7-5+,8-6+,13-9+,14-10+,19-11+,20-12+. The summed E-state index contributed by atoms with van der Waals surface area (Å²) in [5.41, 5.74) is 1.09. The highest BCUT2D eigenvalue weighted by molar-refractivity contribution is 6.07. The minimum Gasteiger partial charge on any atom is -0.383 e. The van der Waals surface area contributed by atoms with E-state index in [-0.39, 0.29) is 11.6 Å². The molecule has 4 nitrogen and oxygen atoms in total. The zero-order chi connectivity index (χ0) is 20.8. The van der Waals surface area contributed by atoms with Crippen molar-refractivity contribution in [2.24, 2.45) is 0 Å². The van der Waals surface area contributed by atoms with Crippen LogP contribution in [0.15, 0.2) is 97.4 Å². The molecule has 0 amide bonds. The van der Waals surface area contributed by atoms with Gasteiger partial charge in [0.1, 0.15) is 0 Å². The first-order valence-electron chi connectivity index (χ1n) is 8.95. The Hall–Kier alpha value is -3.40. The average Bonchev–Trinajstić information content (AvgIpc) is 2.66. The van der Waals surface area contributed by atoms with E-state index >= 15 is 0 Å². The van der Waals surface area contributed by atoms with Gasteiger partial charge in [0.15, 0.2) is 11.6 Å². The third-order valence-electron chi connectivity index (χ3n) is 3.38. The van der Waals surface area contributed by atoms with Crippen LogP contribution in [0.25, 0.3) is 0 Å². The van der Waals surface area contributed by atoms with Gasteiger partial charge in [0.05, 0.1) is 0 Å². The quantitative estimate of drug-likeness (QED) is 0.344. The number of hydrogen-bond acceptors (Lipinski definition) is 4. The summed E-state index contributed by atoms with van der Waals surface area (Å²) in [6.07, 6.45) is 21.3. The number of carbonyl (C=O) groups is 2. The van der Waals surface area contributed by atoms with Crippen LogP contribution in [0.3, 0.4) is 0 Å². The molecule has 0 aliphatic rings. The van der Waals surface area contributed by atoms with Crippen LogP contribution in [0.2, 0.25) is 0 Å². The summed E-state index contributed by atoms with van der Waals surface area (Å²) in [6, 6.07) is 6.66. The number of nitrogens with zero attached hydrogens (tertiary/aromatic N) is 2. The summed E-state index contributed by atoms with van der Waals surface area (Å²) in [5, 5.41) is 0. The fraction of sp³-hybridized carbons (Fsp3) is 0.167. The van der Waals surface area contributed by atoms with Crippen molar-refractivity contribution >= 4 is 11.6 Å². The van der Waals surface area contributed by atoms with E-state index in [0.717, 1.165) is 0 Å². The van der Waals surface area contributed by atoms with Gasteiger partial charge < -0.3 is 9.80 Å². The number of allylic oxidation sites excluding steroid dienone is 10. The van der Waals surface area contributed by atoms with E-state index < -0.39 is 0 Å². The molecule has 0 atom stereocenters. The predicted octanol–water partition coefficient (Wildman–Crippen LogP) is 4.43. The zero-order valence-electron chi connectivity index (χ0n) is 16.9. The van der Waals surface area contributed by atoms with E-state index in [4.69, 9.17) is 0 Å². The lowest BCUT2D eigenvalue weighted by Crippen LogP contribution is -1.99. The molecule has 1 aromatic carbocycles. The van der Waals surface area contributed by atoms with Crippen LogP contribution in [0, 0.1) is 0 Å². The number of ketones is 2. The van der Waals surface area contributed by atoms with Crippen LogP contribution in [-0.4, -0.2) is 49.6 Å². The van der Waals surface area contributed by atoms with Crippen molar-refractivity contribution in [1.82, 2.24) is 9.80 Å². The Balaban J connectivity index is 2.60. The molecule has 0 N–H and O–H groups in total. The molecule has 28 heavy (non-hydrogen) atoms. The molecular formula is C24H28N2O2. The van der Waals surface area contributed by atoms with E-state index in [1.54, 1.807) is 48.6 Å². The highest BCUT2D eigenvalue weighted by Gasteiger charge is 2.04. The van der Waals surface area contributed by atoms with Crippen molar-refractivity contribution in [1.29, 1.82) is 0 Å². The van der Waals surface area contributed by atoms with Crippen LogP contribution in [0.4, 0.5) is 0 Å². The largest absolute Gasteiger partial charge is 0.383 e. The van der Waals surface area contributed by atoms with Crippen molar-refractivity contribution in [2.75, 3.05) is 28.2 Å². The number of hydrogen-bond donors (Lipinski definition) is 0. The van der Waals surface area contributed by atoms with Crippen molar-refractivity contribution in [3.63, 3.8) is 0 Å². The average molecular weight is 377 g/mol. The van der Waals surface area contributed by atoms with Crippen LogP contribution >= 0.6 is 0 Å². The summed E-state index contributed by atoms with van der Waals surface area (Å²) in [5.74, 6) is -0.210. The maximum atomic E-state index is 12.1. The lowest BCUT2D eigenvalue weighted by Gasteiger charge is -2.00. The molecule has 0 saturated carbocycles. The van der Waals surface area contributed by atoms with E-state index in [9.17, 15) is 9.59 Å². The molecule has 0 heterocycles. The Bertz CT molecular complexity index is 737. The van der Waals surface area contributed by atoms with Gasteiger partial charge in [0.25, 0.3) is 0 Å². The van der Waals surface area contributed by atoms with Gasteiger partial charge in [-0.15, -0.1) is 0 Å². The Labute approximate surface area is 168 Å². The van der Waals surface area contributed by atoms with Gasteiger partial charge in [-0.1, -0.05) is 60.7 Å².